The third kappa shape index (κ3) is 1.57. The summed E-state index contributed by atoms with van der Waals surface area (Å²) in [6.45, 7) is 2.37. The molecule has 0 saturated heterocycles. The van der Waals surface area contributed by atoms with Crippen molar-refractivity contribution in [1.29, 1.82) is 0 Å². The first-order valence-electron chi connectivity index (χ1n) is 4.68. The minimum atomic E-state index is 0.454. The Labute approximate surface area is 87.8 Å². The largest absolute Gasteiger partial charge is 0.496 e. The van der Waals surface area contributed by atoms with Gasteiger partial charge >= 0.3 is 0 Å². The van der Waals surface area contributed by atoms with Gasteiger partial charge in [-0.05, 0) is 19.1 Å². The summed E-state index contributed by atoms with van der Waals surface area (Å²) < 4.78 is 15.6. The van der Waals surface area contributed by atoms with Crippen LogP contribution >= 0.6 is 0 Å². The molecule has 0 amide bonds. The van der Waals surface area contributed by atoms with Crippen molar-refractivity contribution >= 4 is 11.0 Å². The zero-order valence-corrected chi connectivity index (χ0v) is 9.03. The first kappa shape index (κ1) is 9.98. The van der Waals surface area contributed by atoms with Gasteiger partial charge in [0.1, 0.15) is 5.75 Å². The molecule has 0 bridgehead atoms. The van der Waals surface area contributed by atoms with Crippen LogP contribution < -0.4 is 4.74 Å². The Morgan fingerprint density at radius 3 is 2.80 bits per heavy atom. The van der Waals surface area contributed by atoms with E-state index in [1.165, 1.54) is 0 Å². The van der Waals surface area contributed by atoms with E-state index >= 15 is 0 Å². The van der Waals surface area contributed by atoms with Gasteiger partial charge in [0.05, 0.1) is 25.0 Å². The predicted molar refractivity (Wildman–Crippen MR) is 56.0 cm³/mol. The molecule has 0 saturated carbocycles. The summed E-state index contributed by atoms with van der Waals surface area (Å²) in [7, 11) is 3.27. The summed E-state index contributed by atoms with van der Waals surface area (Å²) >= 11 is 0. The summed E-state index contributed by atoms with van der Waals surface area (Å²) in [5.74, 6) is 0.764. The van der Waals surface area contributed by atoms with Crippen LogP contribution in [0.4, 0.5) is 0 Å². The zero-order chi connectivity index (χ0) is 10.8. The maximum absolute atomic E-state index is 5.26. The number of hydrogen-bond donors (Lipinski definition) is 0. The van der Waals surface area contributed by atoms with Crippen LogP contribution in [0.3, 0.4) is 0 Å². The zero-order valence-electron chi connectivity index (χ0n) is 9.03. The summed E-state index contributed by atoms with van der Waals surface area (Å²) in [6, 6.07) is 3.85. The number of nitrogens with zero attached hydrogens (tertiary/aromatic N) is 1. The van der Waals surface area contributed by atoms with Gasteiger partial charge in [0, 0.05) is 12.5 Å². The number of ether oxygens (including phenoxy) is 2. The van der Waals surface area contributed by atoms with Crippen molar-refractivity contribution in [3.63, 3.8) is 0 Å². The molecule has 4 heteroatoms. The Morgan fingerprint density at radius 1 is 1.33 bits per heavy atom. The number of rotatable bonds is 3. The molecule has 15 heavy (non-hydrogen) atoms. The van der Waals surface area contributed by atoms with Crippen LogP contribution in [0.2, 0.25) is 0 Å². The minimum absolute atomic E-state index is 0.454. The number of fused-ring (bicyclic) bond motifs is 1. The topological polar surface area (TPSA) is 44.5 Å². The number of aryl methyl sites for hydroxylation is 1. The summed E-state index contributed by atoms with van der Waals surface area (Å²) in [6.07, 6.45) is 0. The van der Waals surface area contributed by atoms with Gasteiger partial charge in [-0.3, -0.25) is 0 Å². The van der Waals surface area contributed by atoms with Gasteiger partial charge in [0.2, 0.25) is 0 Å². The molecule has 0 N–H and O–H groups in total. The monoisotopic (exact) mass is 207 g/mol. The van der Waals surface area contributed by atoms with Crippen LogP contribution in [0.25, 0.3) is 11.0 Å². The van der Waals surface area contributed by atoms with E-state index < -0.39 is 0 Å². The van der Waals surface area contributed by atoms with Crippen molar-refractivity contribution in [2.24, 2.45) is 0 Å². The number of benzene rings is 1. The Kier molecular flexibility index (Phi) is 2.60. The summed E-state index contributed by atoms with van der Waals surface area (Å²) in [4.78, 5) is 0. The van der Waals surface area contributed by atoms with E-state index in [0.717, 1.165) is 28.0 Å². The van der Waals surface area contributed by atoms with Crippen molar-refractivity contribution in [1.82, 2.24) is 5.16 Å². The van der Waals surface area contributed by atoms with E-state index in [-0.39, 0.29) is 0 Å². The lowest BCUT2D eigenvalue weighted by Gasteiger charge is -2.06. The van der Waals surface area contributed by atoms with Crippen LogP contribution in [-0.4, -0.2) is 19.4 Å². The van der Waals surface area contributed by atoms with Crippen molar-refractivity contribution in [2.75, 3.05) is 14.2 Å². The minimum Gasteiger partial charge on any atom is -0.496 e. The van der Waals surface area contributed by atoms with Crippen molar-refractivity contribution < 1.29 is 14.0 Å². The molecule has 0 unspecified atom stereocenters. The highest BCUT2D eigenvalue weighted by Crippen LogP contribution is 2.30. The van der Waals surface area contributed by atoms with Gasteiger partial charge in [-0.2, -0.15) is 0 Å². The maximum atomic E-state index is 5.26. The average molecular weight is 207 g/mol. The van der Waals surface area contributed by atoms with Crippen LogP contribution in [-0.2, 0) is 11.3 Å². The molecule has 4 nitrogen and oxygen atoms in total. The van der Waals surface area contributed by atoms with Crippen LogP contribution in [0, 0.1) is 6.92 Å². The number of aromatic nitrogens is 1. The molecule has 0 fully saturated rings. The van der Waals surface area contributed by atoms with E-state index in [1.807, 2.05) is 19.1 Å². The number of methoxy groups -OCH3 is 2. The van der Waals surface area contributed by atoms with Crippen LogP contribution in [0.1, 0.15) is 11.3 Å². The molecule has 1 aromatic carbocycles. The molecule has 0 aliphatic heterocycles. The van der Waals surface area contributed by atoms with Gasteiger partial charge in [0.15, 0.2) is 5.58 Å². The molecule has 1 heterocycles. The quantitative estimate of drug-likeness (QED) is 0.774. The highest BCUT2D eigenvalue weighted by Gasteiger charge is 2.13. The fraction of sp³-hybridized carbons (Fsp3) is 0.364. The van der Waals surface area contributed by atoms with Gasteiger partial charge < -0.3 is 14.0 Å². The fourth-order valence-electron chi connectivity index (χ4n) is 1.63. The van der Waals surface area contributed by atoms with Crippen molar-refractivity contribution in [3.8, 4) is 5.75 Å². The Balaban J connectivity index is 2.67. The summed E-state index contributed by atoms with van der Waals surface area (Å²) in [5.41, 5.74) is 2.52. The third-order valence-corrected chi connectivity index (χ3v) is 2.39. The normalized spacial score (nSPS) is 10.9. The van der Waals surface area contributed by atoms with Crippen LogP contribution in [0.5, 0.6) is 5.75 Å². The van der Waals surface area contributed by atoms with Gasteiger partial charge in [-0.1, -0.05) is 5.16 Å². The lowest BCUT2D eigenvalue weighted by Crippen LogP contribution is -1.94. The molecule has 0 aliphatic rings. The van der Waals surface area contributed by atoms with E-state index in [4.69, 9.17) is 14.0 Å². The second kappa shape index (κ2) is 3.90. The lowest BCUT2D eigenvalue weighted by molar-refractivity contribution is 0.181. The number of hydrogen-bond acceptors (Lipinski definition) is 4. The Morgan fingerprint density at radius 2 is 2.13 bits per heavy atom. The molecule has 2 rings (SSSR count). The lowest BCUT2D eigenvalue weighted by atomic mass is 10.1. The average Bonchev–Trinajstić information content (AvgIpc) is 2.62. The maximum Gasteiger partial charge on any atom is 0.176 e. The smallest absolute Gasteiger partial charge is 0.176 e. The van der Waals surface area contributed by atoms with E-state index in [9.17, 15) is 0 Å². The van der Waals surface area contributed by atoms with Crippen molar-refractivity contribution in [2.45, 2.75) is 13.5 Å². The molecule has 2 aromatic rings. The SMILES string of the molecule is COCc1c(OC)ccc2c(C)noc12. The Hall–Kier alpha value is -1.55. The van der Waals surface area contributed by atoms with E-state index in [1.54, 1.807) is 14.2 Å². The first-order chi connectivity index (χ1) is 7.27. The first-order valence-corrected chi connectivity index (χ1v) is 4.68. The van der Waals surface area contributed by atoms with Crippen molar-refractivity contribution in [3.05, 3.63) is 23.4 Å². The van der Waals surface area contributed by atoms with E-state index in [0.29, 0.717) is 6.61 Å². The molecular formula is C11H13NO3. The molecule has 0 atom stereocenters. The molecule has 0 radical (unpaired) electrons. The van der Waals surface area contributed by atoms with Gasteiger partial charge in [-0.25, -0.2) is 0 Å². The second-order valence-corrected chi connectivity index (χ2v) is 3.32. The highest BCUT2D eigenvalue weighted by molar-refractivity contribution is 5.84. The summed E-state index contributed by atoms with van der Waals surface area (Å²) in [5, 5.41) is 4.93. The Bertz CT molecular complexity index is 476. The van der Waals surface area contributed by atoms with Gasteiger partial charge in [-0.15, -0.1) is 0 Å². The molecule has 80 valence electrons. The standard InChI is InChI=1S/C11H13NO3/c1-7-8-4-5-10(14-3)9(6-13-2)11(8)15-12-7/h4-5H,6H2,1-3H3. The third-order valence-electron chi connectivity index (χ3n) is 2.39. The van der Waals surface area contributed by atoms with Crippen LogP contribution in [0.15, 0.2) is 16.7 Å². The van der Waals surface area contributed by atoms with E-state index in [2.05, 4.69) is 5.16 Å². The molecule has 1 aromatic heterocycles. The molecule has 0 spiro atoms. The fourth-order valence-corrected chi connectivity index (χ4v) is 1.63. The second-order valence-electron chi connectivity index (χ2n) is 3.32. The van der Waals surface area contributed by atoms with Gasteiger partial charge in [0.25, 0.3) is 0 Å². The predicted octanol–water partition coefficient (Wildman–Crippen LogP) is 2.29. The highest BCUT2D eigenvalue weighted by atomic mass is 16.5. The molecule has 0 aliphatic carbocycles. The molecular weight excluding hydrogens is 194 g/mol.